The summed E-state index contributed by atoms with van der Waals surface area (Å²) in [5.41, 5.74) is 0.914. The predicted octanol–water partition coefficient (Wildman–Crippen LogP) is 0.715. The standard InChI is InChI=1S/C18H23N5O3/c1-12-9-13(2)23(18(26)20-12)11-15(24)22-7-4-5-14(10-22)16(25)17-19-6-8-21(17)3/h6,8-9,14H,4-5,7,10-11H2,1-3H3. The fraction of sp³-hybridized carbons (Fsp3) is 0.500. The van der Waals surface area contributed by atoms with Crippen LogP contribution >= 0.6 is 0 Å². The highest BCUT2D eigenvalue weighted by Crippen LogP contribution is 2.20. The second kappa shape index (κ2) is 7.23. The van der Waals surface area contributed by atoms with Crippen molar-refractivity contribution in [1.82, 2.24) is 24.0 Å². The van der Waals surface area contributed by atoms with E-state index in [4.69, 9.17) is 0 Å². The van der Waals surface area contributed by atoms with Gasteiger partial charge in [-0.15, -0.1) is 0 Å². The molecule has 1 aliphatic rings. The lowest BCUT2D eigenvalue weighted by Gasteiger charge is -2.32. The average molecular weight is 357 g/mol. The summed E-state index contributed by atoms with van der Waals surface area (Å²) in [4.78, 5) is 47.1. The van der Waals surface area contributed by atoms with Gasteiger partial charge in [-0.05, 0) is 32.8 Å². The molecule has 0 aromatic carbocycles. The third kappa shape index (κ3) is 3.58. The Morgan fingerprint density at radius 3 is 2.73 bits per heavy atom. The molecule has 3 rings (SSSR count). The van der Waals surface area contributed by atoms with Gasteiger partial charge >= 0.3 is 5.69 Å². The maximum Gasteiger partial charge on any atom is 0.348 e. The van der Waals surface area contributed by atoms with E-state index in [1.807, 2.05) is 0 Å². The Kier molecular flexibility index (Phi) is 5.01. The van der Waals surface area contributed by atoms with Crippen LogP contribution in [0.4, 0.5) is 0 Å². The predicted molar refractivity (Wildman–Crippen MR) is 94.8 cm³/mol. The second-order valence-corrected chi connectivity index (χ2v) is 6.81. The summed E-state index contributed by atoms with van der Waals surface area (Å²) in [7, 11) is 1.78. The molecule has 0 saturated carbocycles. The normalized spacial score (nSPS) is 17.3. The van der Waals surface area contributed by atoms with Crippen LogP contribution in [0, 0.1) is 19.8 Å². The molecule has 3 heterocycles. The highest BCUT2D eigenvalue weighted by molar-refractivity contribution is 5.95. The lowest BCUT2D eigenvalue weighted by Crippen LogP contribution is -2.45. The maximum atomic E-state index is 12.7. The highest BCUT2D eigenvalue weighted by Gasteiger charge is 2.30. The average Bonchev–Trinajstić information content (AvgIpc) is 3.03. The van der Waals surface area contributed by atoms with Crippen LogP contribution in [0.25, 0.3) is 0 Å². The van der Waals surface area contributed by atoms with Gasteiger partial charge in [-0.25, -0.2) is 9.78 Å². The molecule has 1 saturated heterocycles. The van der Waals surface area contributed by atoms with E-state index in [-0.39, 0.29) is 24.2 Å². The molecule has 1 unspecified atom stereocenters. The molecule has 0 spiro atoms. The number of hydrogen-bond donors (Lipinski definition) is 0. The summed E-state index contributed by atoms with van der Waals surface area (Å²) < 4.78 is 3.07. The van der Waals surface area contributed by atoms with Crippen LogP contribution in [-0.4, -0.2) is 48.8 Å². The molecule has 0 N–H and O–H groups in total. The minimum atomic E-state index is -0.423. The molecule has 0 bridgehead atoms. The molecule has 8 nitrogen and oxygen atoms in total. The van der Waals surface area contributed by atoms with E-state index in [9.17, 15) is 14.4 Å². The van der Waals surface area contributed by atoms with Gasteiger partial charge in [0.2, 0.25) is 11.7 Å². The van der Waals surface area contributed by atoms with Crippen LogP contribution in [-0.2, 0) is 18.4 Å². The third-order valence-corrected chi connectivity index (χ3v) is 4.83. The fourth-order valence-electron chi connectivity index (χ4n) is 3.41. The molecule has 1 fully saturated rings. The van der Waals surface area contributed by atoms with Crippen molar-refractivity contribution in [1.29, 1.82) is 0 Å². The number of amides is 1. The van der Waals surface area contributed by atoms with E-state index in [0.29, 0.717) is 30.3 Å². The first kappa shape index (κ1) is 18.0. The number of imidazole rings is 1. The molecule has 26 heavy (non-hydrogen) atoms. The lowest BCUT2D eigenvalue weighted by atomic mass is 9.93. The third-order valence-electron chi connectivity index (χ3n) is 4.83. The first-order valence-electron chi connectivity index (χ1n) is 8.71. The SMILES string of the molecule is Cc1cc(C)n(CC(=O)N2CCCC(C(=O)c3nccn3C)C2)c(=O)n1. The van der Waals surface area contributed by atoms with Gasteiger partial charge in [0.15, 0.2) is 5.82 Å². The number of rotatable bonds is 4. The first-order chi connectivity index (χ1) is 12.4. The Labute approximate surface area is 151 Å². The molecular weight excluding hydrogens is 334 g/mol. The van der Waals surface area contributed by atoms with Crippen molar-refractivity contribution < 1.29 is 9.59 Å². The Morgan fingerprint density at radius 2 is 2.08 bits per heavy atom. The second-order valence-electron chi connectivity index (χ2n) is 6.81. The number of piperidine rings is 1. The summed E-state index contributed by atoms with van der Waals surface area (Å²) in [5.74, 6) is -0.0552. The van der Waals surface area contributed by atoms with Crippen molar-refractivity contribution in [3.8, 4) is 0 Å². The van der Waals surface area contributed by atoms with Crippen LogP contribution in [0.15, 0.2) is 23.3 Å². The molecule has 0 radical (unpaired) electrons. The van der Waals surface area contributed by atoms with Crippen molar-refractivity contribution in [2.75, 3.05) is 13.1 Å². The zero-order valence-corrected chi connectivity index (χ0v) is 15.3. The lowest BCUT2D eigenvalue weighted by molar-refractivity contribution is -0.133. The van der Waals surface area contributed by atoms with Crippen LogP contribution in [0.3, 0.4) is 0 Å². The zero-order chi connectivity index (χ0) is 18.8. The smallest absolute Gasteiger partial charge is 0.340 e. The number of aromatic nitrogens is 4. The van der Waals surface area contributed by atoms with E-state index >= 15 is 0 Å². The van der Waals surface area contributed by atoms with E-state index < -0.39 is 5.69 Å². The summed E-state index contributed by atoms with van der Waals surface area (Å²) in [6.07, 6.45) is 4.82. The maximum absolute atomic E-state index is 12.7. The van der Waals surface area contributed by atoms with Crippen LogP contribution in [0.2, 0.25) is 0 Å². The van der Waals surface area contributed by atoms with Crippen LogP contribution in [0.1, 0.15) is 34.8 Å². The fourth-order valence-corrected chi connectivity index (χ4v) is 3.41. The molecule has 2 aromatic rings. The minimum Gasteiger partial charge on any atom is -0.340 e. The topological polar surface area (TPSA) is 90.1 Å². The molecule has 0 aliphatic carbocycles. The van der Waals surface area contributed by atoms with Crippen LogP contribution in [0.5, 0.6) is 0 Å². The minimum absolute atomic E-state index is 0.0413. The summed E-state index contributed by atoms with van der Waals surface area (Å²) >= 11 is 0. The van der Waals surface area contributed by atoms with Gasteiger partial charge in [-0.3, -0.25) is 14.2 Å². The van der Waals surface area contributed by atoms with Crippen molar-refractivity contribution in [2.24, 2.45) is 13.0 Å². The van der Waals surface area contributed by atoms with Gasteiger partial charge in [-0.2, -0.15) is 4.98 Å². The van der Waals surface area contributed by atoms with Gasteiger partial charge in [0, 0.05) is 49.8 Å². The first-order valence-corrected chi connectivity index (χ1v) is 8.71. The van der Waals surface area contributed by atoms with Gasteiger partial charge in [0.25, 0.3) is 0 Å². The highest BCUT2D eigenvalue weighted by atomic mass is 16.2. The van der Waals surface area contributed by atoms with Crippen molar-refractivity contribution in [3.05, 3.63) is 46.2 Å². The molecule has 1 amide bonds. The summed E-state index contributed by atoms with van der Waals surface area (Å²) in [6, 6.07) is 1.78. The molecule has 1 aliphatic heterocycles. The largest absolute Gasteiger partial charge is 0.348 e. The Bertz CT molecular complexity index is 898. The molecule has 2 aromatic heterocycles. The van der Waals surface area contributed by atoms with E-state index in [1.54, 1.807) is 48.8 Å². The van der Waals surface area contributed by atoms with Crippen molar-refractivity contribution >= 4 is 11.7 Å². The van der Waals surface area contributed by atoms with Gasteiger partial charge in [-0.1, -0.05) is 0 Å². The number of carbonyl (C=O) groups excluding carboxylic acids is 2. The zero-order valence-electron chi connectivity index (χ0n) is 15.3. The number of Topliss-reactive ketones (excluding diaryl/α,β-unsaturated/α-hetero) is 1. The van der Waals surface area contributed by atoms with Gasteiger partial charge in [0.05, 0.1) is 0 Å². The molecule has 138 valence electrons. The number of nitrogens with zero attached hydrogens (tertiary/aromatic N) is 5. The van der Waals surface area contributed by atoms with Gasteiger partial charge < -0.3 is 9.47 Å². The Hall–Kier alpha value is -2.77. The molecular formula is C18H23N5O3. The number of ketones is 1. The summed E-state index contributed by atoms with van der Waals surface area (Å²) in [5, 5.41) is 0. The van der Waals surface area contributed by atoms with E-state index in [1.165, 1.54) is 4.57 Å². The molecule has 1 atom stereocenters. The quantitative estimate of drug-likeness (QED) is 0.752. The van der Waals surface area contributed by atoms with Crippen LogP contribution < -0.4 is 5.69 Å². The van der Waals surface area contributed by atoms with E-state index in [2.05, 4.69) is 9.97 Å². The number of likely N-dealkylation sites (tertiary alicyclic amines) is 1. The number of carbonyl (C=O) groups is 2. The molecule has 8 heteroatoms. The monoisotopic (exact) mass is 357 g/mol. The van der Waals surface area contributed by atoms with Crippen molar-refractivity contribution in [2.45, 2.75) is 33.2 Å². The number of aryl methyl sites for hydroxylation is 3. The van der Waals surface area contributed by atoms with E-state index in [0.717, 1.165) is 12.8 Å². The Balaban J connectivity index is 1.72. The van der Waals surface area contributed by atoms with Crippen molar-refractivity contribution in [3.63, 3.8) is 0 Å². The number of hydrogen-bond acceptors (Lipinski definition) is 5. The van der Waals surface area contributed by atoms with Gasteiger partial charge in [0.1, 0.15) is 6.54 Å². The summed E-state index contributed by atoms with van der Waals surface area (Å²) in [6.45, 7) is 4.43. The Morgan fingerprint density at radius 1 is 1.31 bits per heavy atom.